The van der Waals surface area contributed by atoms with E-state index >= 15 is 0 Å². The monoisotopic (exact) mass is 351 g/mol. The molecule has 0 amide bonds. The lowest BCUT2D eigenvalue weighted by molar-refractivity contribution is 0.306. The number of ether oxygens (including phenoxy) is 1. The van der Waals surface area contributed by atoms with Crippen LogP contribution >= 0.6 is 0 Å². The highest BCUT2D eigenvalue weighted by Crippen LogP contribution is 2.32. The van der Waals surface area contributed by atoms with E-state index in [2.05, 4.69) is 52.7 Å². The number of nitrogens with zero attached hydrogens (tertiary/aromatic N) is 3. The second-order valence-electron chi connectivity index (χ2n) is 6.44. The molecule has 2 aromatic heterocycles. The molecule has 0 N–H and O–H groups in total. The van der Waals surface area contributed by atoms with Gasteiger partial charge in [-0.2, -0.15) is 0 Å². The average Bonchev–Trinajstić information content (AvgIpc) is 3.22. The Bertz CT molecular complexity index is 1210. The Balaban J connectivity index is 1.63. The van der Waals surface area contributed by atoms with Crippen LogP contribution < -0.4 is 4.74 Å². The zero-order valence-electron chi connectivity index (χ0n) is 14.6. The van der Waals surface area contributed by atoms with Crippen molar-refractivity contribution in [2.45, 2.75) is 6.61 Å². The highest BCUT2D eigenvalue weighted by Gasteiger charge is 2.11. The first-order chi connectivity index (χ1) is 13.4. The Labute approximate surface area is 156 Å². The Hall–Kier alpha value is -3.66. The number of pyridine rings is 1. The van der Waals surface area contributed by atoms with Gasteiger partial charge in [0.25, 0.3) is 0 Å². The maximum atomic E-state index is 6.04. The molecule has 130 valence electrons. The van der Waals surface area contributed by atoms with Crippen LogP contribution in [-0.4, -0.2) is 14.6 Å². The molecular formula is C23H17N3O. The third kappa shape index (κ3) is 2.91. The summed E-state index contributed by atoms with van der Waals surface area (Å²) in [5.74, 6) is 0.843. The van der Waals surface area contributed by atoms with E-state index in [9.17, 15) is 0 Å². The van der Waals surface area contributed by atoms with Crippen LogP contribution in [0.2, 0.25) is 0 Å². The number of aromatic nitrogens is 3. The van der Waals surface area contributed by atoms with Gasteiger partial charge in [0.1, 0.15) is 18.7 Å². The van der Waals surface area contributed by atoms with Crippen molar-refractivity contribution in [1.29, 1.82) is 0 Å². The van der Waals surface area contributed by atoms with E-state index in [0.717, 1.165) is 39.0 Å². The summed E-state index contributed by atoms with van der Waals surface area (Å²) in [6.45, 7) is 0.544. The van der Waals surface area contributed by atoms with Gasteiger partial charge >= 0.3 is 0 Å². The van der Waals surface area contributed by atoms with Gasteiger partial charge in [0.2, 0.25) is 0 Å². The molecule has 4 nitrogen and oxygen atoms in total. The minimum atomic E-state index is 0.544. The molecule has 0 fully saturated rings. The summed E-state index contributed by atoms with van der Waals surface area (Å²) >= 11 is 0. The number of rotatable bonds is 4. The minimum Gasteiger partial charge on any atom is -0.489 e. The molecule has 5 aromatic rings. The lowest BCUT2D eigenvalue weighted by atomic mass is 10.0. The zero-order valence-corrected chi connectivity index (χ0v) is 14.6. The largest absolute Gasteiger partial charge is 0.489 e. The molecule has 27 heavy (non-hydrogen) atoms. The molecule has 0 unspecified atom stereocenters. The molecule has 0 aliphatic carbocycles. The van der Waals surface area contributed by atoms with Gasteiger partial charge < -0.3 is 4.74 Å². The highest BCUT2D eigenvalue weighted by molar-refractivity contribution is 5.97. The van der Waals surface area contributed by atoms with Gasteiger partial charge in [0.05, 0.1) is 5.52 Å². The quantitative estimate of drug-likeness (QED) is 0.451. The molecule has 0 aliphatic rings. The highest BCUT2D eigenvalue weighted by atomic mass is 16.5. The number of hydrogen-bond donors (Lipinski definition) is 0. The van der Waals surface area contributed by atoms with E-state index in [1.54, 1.807) is 6.33 Å². The molecule has 3 aromatic carbocycles. The van der Waals surface area contributed by atoms with Crippen molar-refractivity contribution in [2.24, 2.45) is 0 Å². The summed E-state index contributed by atoms with van der Waals surface area (Å²) in [5.41, 5.74) is 5.31. The molecule has 0 radical (unpaired) electrons. The van der Waals surface area contributed by atoms with E-state index in [4.69, 9.17) is 4.74 Å². The van der Waals surface area contributed by atoms with Crippen LogP contribution in [0.3, 0.4) is 0 Å². The first-order valence-electron chi connectivity index (χ1n) is 8.87. The summed E-state index contributed by atoms with van der Waals surface area (Å²) in [7, 11) is 0. The lowest BCUT2D eigenvalue weighted by Gasteiger charge is -2.12. The molecule has 5 rings (SSSR count). The van der Waals surface area contributed by atoms with Crippen LogP contribution in [0.1, 0.15) is 5.56 Å². The molecule has 0 saturated carbocycles. The summed E-state index contributed by atoms with van der Waals surface area (Å²) in [6, 6.07) is 28.8. The fourth-order valence-electron chi connectivity index (χ4n) is 3.36. The van der Waals surface area contributed by atoms with Crippen molar-refractivity contribution >= 4 is 16.6 Å². The third-order valence-corrected chi connectivity index (χ3v) is 4.70. The van der Waals surface area contributed by atoms with E-state index in [1.807, 2.05) is 46.9 Å². The van der Waals surface area contributed by atoms with Crippen molar-refractivity contribution in [3.8, 4) is 16.9 Å². The molecular weight excluding hydrogens is 334 g/mol. The third-order valence-electron chi connectivity index (χ3n) is 4.70. The Morgan fingerprint density at radius 3 is 2.41 bits per heavy atom. The van der Waals surface area contributed by atoms with E-state index in [1.165, 1.54) is 0 Å². The molecule has 2 heterocycles. The molecule has 0 atom stereocenters. The van der Waals surface area contributed by atoms with Crippen molar-refractivity contribution in [1.82, 2.24) is 14.6 Å². The predicted octanol–water partition coefficient (Wildman–Crippen LogP) is 5.13. The number of hydrogen-bond acceptors (Lipinski definition) is 3. The normalized spacial score (nSPS) is 11.1. The van der Waals surface area contributed by atoms with E-state index < -0.39 is 0 Å². The number of benzene rings is 3. The van der Waals surface area contributed by atoms with Crippen LogP contribution in [-0.2, 0) is 6.61 Å². The summed E-state index contributed by atoms with van der Waals surface area (Å²) < 4.78 is 8.05. The predicted molar refractivity (Wildman–Crippen MR) is 107 cm³/mol. The SMILES string of the molecule is c1ccc(COc2ccc3c(c2)c(-c2ccccc2)cc2nncn23)cc1. The second kappa shape index (κ2) is 6.57. The van der Waals surface area contributed by atoms with Gasteiger partial charge in [-0.1, -0.05) is 60.7 Å². The van der Waals surface area contributed by atoms with Crippen LogP contribution in [0.5, 0.6) is 5.75 Å². The minimum absolute atomic E-state index is 0.544. The van der Waals surface area contributed by atoms with Crippen molar-refractivity contribution in [3.05, 3.63) is 96.8 Å². The summed E-state index contributed by atoms with van der Waals surface area (Å²) in [4.78, 5) is 0. The molecule has 0 bridgehead atoms. The maximum absolute atomic E-state index is 6.04. The van der Waals surface area contributed by atoms with Crippen molar-refractivity contribution < 1.29 is 4.74 Å². The van der Waals surface area contributed by atoms with Gasteiger partial charge in [-0.05, 0) is 41.0 Å². The van der Waals surface area contributed by atoms with Gasteiger partial charge in [-0.3, -0.25) is 4.40 Å². The van der Waals surface area contributed by atoms with Crippen LogP contribution in [0.4, 0.5) is 0 Å². The molecule has 0 aliphatic heterocycles. The molecule has 4 heteroatoms. The number of fused-ring (bicyclic) bond motifs is 3. The fourth-order valence-corrected chi connectivity index (χ4v) is 3.36. The van der Waals surface area contributed by atoms with Crippen LogP contribution in [0.15, 0.2) is 91.3 Å². The van der Waals surface area contributed by atoms with Gasteiger partial charge in [-0.15, -0.1) is 10.2 Å². The van der Waals surface area contributed by atoms with Gasteiger partial charge in [0, 0.05) is 5.39 Å². The summed E-state index contributed by atoms with van der Waals surface area (Å²) in [5, 5.41) is 9.41. The Morgan fingerprint density at radius 1 is 0.815 bits per heavy atom. The standard InChI is InChI=1S/C23H17N3O/c1-3-7-17(8-4-1)15-27-19-11-12-22-21(13-19)20(18-9-5-2-6-10-18)14-23-25-24-16-26(22)23/h1-14,16H,15H2. The molecule has 0 spiro atoms. The van der Waals surface area contributed by atoms with Crippen molar-refractivity contribution in [2.75, 3.05) is 0 Å². The van der Waals surface area contributed by atoms with Gasteiger partial charge in [0.15, 0.2) is 5.65 Å². The second-order valence-corrected chi connectivity index (χ2v) is 6.44. The van der Waals surface area contributed by atoms with Gasteiger partial charge in [-0.25, -0.2) is 0 Å². The average molecular weight is 351 g/mol. The van der Waals surface area contributed by atoms with Crippen molar-refractivity contribution in [3.63, 3.8) is 0 Å². The topological polar surface area (TPSA) is 39.4 Å². The smallest absolute Gasteiger partial charge is 0.161 e. The van der Waals surface area contributed by atoms with E-state index in [0.29, 0.717) is 6.61 Å². The molecule has 0 saturated heterocycles. The van der Waals surface area contributed by atoms with E-state index in [-0.39, 0.29) is 0 Å². The lowest BCUT2D eigenvalue weighted by Crippen LogP contribution is -1.96. The first kappa shape index (κ1) is 15.6. The summed E-state index contributed by atoms with van der Waals surface area (Å²) in [6.07, 6.45) is 1.75. The Morgan fingerprint density at radius 2 is 1.59 bits per heavy atom. The fraction of sp³-hybridized carbons (Fsp3) is 0.0435. The van der Waals surface area contributed by atoms with Crippen LogP contribution in [0.25, 0.3) is 27.7 Å². The maximum Gasteiger partial charge on any atom is 0.161 e. The first-order valence-corrected chi connectivity index (χ1v) is 8.87. The Kier molecular flexibility index (Phi) is 3.79. The van der Waals surface area contributed by atoms with Crippen LogP contribution in [0, 0.1) is 0 Å². The zero-order chi connectivity index (χ0) is 18.1.